The number of hydrogen-bond donors (Lipinski definition) is 2. The Labute approximate surface area is 169 Å². The molecule has 0 saturated heterocycles. The predicted octanol–water partition coefficient (Wildman–Crippen LogP) is 4.19. The van der Waals surface area contributed by atoms with E-state index in [2.05, 4.69) is 36.1 Å². The van der Waals surface area contributed by atoms with Crippen LogP contribution < -0.4 is 15.4 Å². The van der Waals surface area contributed by atoms with E-state index in [1.165, 1.54) is 12.1 Å². The number of carbonyl (C=O) groups excluding carboxylic acids is 2. The van der Waals surface area contributed by atoms with Gasteiger partial charge in [-0.05, 0) is 47.7 Å². The van der Waals surface area contributed by atoms with Crippen molar-refractivity contribution < 1.29 is 23.1 Å². The molecule has 0 radical (unpaired) electrons. The number of benzene rings is 2. The molecule has 0 heterocycles. The van der Waals surface area contributed by atoms with Gasteiger partial charge in [0, 0.05) is 5.56 Å². The van der Waals surface area contributed by atoms with E-state index in [-0.39, 0.29) is 23.6 Å². The summed E-state index contributed by atoms with van der Waals surface area (Å²) in [6.45, 7) is 4.86. The van der Waals surface area contributed by atoms with Crippen LogP contribution in [-0.4, -0.2) is 25.0 Å². The van der Waals surface area contributed by atoms with Crippen molar-refractivity contribution in [2.45, 2.75) is 45.8 Å². The number of rotatable bonds is 7. The summed E-state index contributed by atoms with van der Waals surface area (Å²) in [5.41, 5.74) is 2.18. The maximum Gasteiger partial charge on any atom is 0.387 e. The molecule has 1 unspecified atom stereocenters. The van der Waals surface area contributed by atoms with Gasteiger partial charge in [0.2, 0.25) is 5.91 Å². The van der Waals surface area contributed by atoms with Crippen LogP contribution in [0.2, 0.25) is 0 Å². The molecule has 2 aromatic carbocycles. The predicted molar refractivity (Wildman–Crippen MR) is 107 cm³/mol. The lowest BCUT2D eigenvalue weighted by Crippen LogP contribution is -2.38. The Hall–Kier alpha value is -2.96. The van der Waals surface area contributed by atoms with Crippen molar-refractivity contribution in [3.63, 3.8) is 0 Å². The third-order valence-corrected chi connectivity index (χ3v) is 4.38. The fraction of sp³-hybridized carbons (Fsp3) is 0.364. The Morgan fingerprint density at radius 1 is 1.07 bits per heavy atom. The molecule has 7 heteroatoms. The lowest BCUT2D eigenvalue weighted by Gasteiger charge is -2.19. The van der Waals surface area contributed by atoms with Gasteiger partial charge in [-0.1, -0.05) is 45.0 Å². The van der Waals surface area contributed by atoms with Gasteiger partial charge >= 0.3 is 6.61 Å². The number of alkyl halides is 2. The zero-order chi connectivity index (χ0) is 21.6. The van der Waals surface area contributed by atoms with Crippen LogP contribution in [0.3, 0.4) is 0 Å². The highest BCUT2D eigenvalue weighted by Gasteiger charge is 2.16. The SMILES string of the molecule is CC(NC(=O)CNC(=O)c1ccc(C(C)(C)C)cc1)c1cccc(OC(F)F)c1. The summed E-state index contributed by atoms with van der Waals surface area (Å²) in [7, 11) is 0. The molecule has 2 N–H and O–H groups in total. The summed E-state index contributed by atoms with van der Waals surface area (Å²) >= 11 is 0. The summed E-state index contributed by atoms with van der Waals surface area (Å²) < 4.78 is 29.0. The smallest absolute Gasteiger partial charge is 0.387 e. The van der Waals surface area contributed by atoms with Crippen molar-refractivity contribution in [3.8, 4) is 5.75 Å². The Morgan fingerprint density at radius 3 is 2.31 bits per heavy atom. The summed E-state index contributed by atoms with van der Waals surface area (Å²) in [5, 5.41) is 5.29. The fourth-order valence-corrected chi connectivity index (χ4v) is 2.72. The molecule has 156 valence electrons. The molecule has 0 aliphatic carbocycles. The Kier molecular flexibility index (Phi) is 7.31. The average molecular weight is 404 g/mol. The first kappa shape index (κ1) is 22.3. The zero-order valence-electron chi connectivity index (χ0n) is 17.0. The molecule has 1 atom stereocenters. The third kappa shape index (κ3) is 6.85. The van der Waals surface area contributed by atoms with Gasteiger partial charge in [0.15, 0.2) is 0 Å². The lowest BCUT2D eigenvalue weighted by atomic mass is 9.87. The number of ether oxygens (including phenoxy) is 1. The van der Waals surface area contributed by atoms with Crippen LogP contribution in [-0.2, 0) is 10.2 Å². The first-order chi connectivity index (χ1) is 13.6. The van der Waals surface area contributed by atoms with Crippen LogP contribution in [0.1, 0.15) is 55.2 Å². The van der Waals surface area contributed by atoms with Crippen LogP contribution in [0, 0.1) is 0 Å². The van der Waals surface area contributed by atoms with E-state index in [0.717, 1.165) is 5.56 Å². The monoisotopic (exact) mass is 404 g/mol. The minimum Gasteiger partial charge on any atom is -0.435 e. The van der Waals surface area contributed by atoms with E-state index in [1.54, 1.807) is 31.2 Å². The molecule has 0 aliphatic rings. The van der Waals surface area contributed by atoms with Crippen LogP contribution >= 0.6 is 0 Å². The van der Waals surface area contributed by atoms with Crippen LogP contribution in [0.4, 0.5) is 8.78 Å². The van der Waals surface area contributed by atoms with Crippen LogP contribution in [0.25, 0.3) is 0 Å². The summed E-state index contributed by atoms with van der Waals surface area (Å²) in [4.78, 5) is 24.4. The molecular weight excluding hydrogens is 378 g/mol. The van der Waals surface area contributed by atoms with Crippen molar-refractivity contribution in [1.29, 1.82) is 0 Å². The number of halogens is 2. The molecule has 2 amide bonds. The normalized spacial score (nSPS) is 12.4. The average Bonchev–Trinajstić information content (AvgIpc) is 2.65. The topological polar surface area (TPSA) is 67.4 Å². The minimum absolute atomic E-state index is 0.0112. The fourth-order valence-electron chi connectivity index (χ4n) is 2.72. The maximum absolute atomic E-state index is 12.3. The highest BCUT2D eigenvalue weighted by atomic mass is 19.3. The van der Waals surface area contributed by atoms with Gasteiger partial charge < -0.3 is 15.4 Å². The van der Waals surface area contributed by atoms with Crippen molar-refractivity contribution in [3.05, 3.63) is 65.2 Å². The van der Waals surface area contributed by atoms with Gasteiger partial charge in [0.1, 0.15) is 5.75 Å². The molecule has 0 bridgehead atoms. The van der Waals surface area contributed by atoms with Crippen molar-refractivity contribution in [2.75, 3.05) is 6.54 Å². The lowest BCUT2D eigenvalue weighted by molar-refractivity contribution is -0.120. The molecule has 0 fully saturated rings. The Morgan fingerprint density at radius 2 is 1.72 bits per heavy atom. The number of amides is 2. The first-order valence-corrected chi connectivity index (χ1v) is 9.29. The Balaban J connectivity index is 1.88. The molecule has 0 aliphatic heterocycles. The second kappa shape index (κ2) is 9.49. The van der Waals surface area contributed by atoms with Gasteiger partial charge in [-0.25, -0.2) is 0 Å². The summed E-state index contributed by atoms with van der Waals surface area (Å²) in [5.74, 6) is -0.719. The van der Waals surface area contributed by atoms with E-state index in [4.69, 9.17) is 0 Å². The minimum atomic E-state index is -2.91. The van der Waals surface area contributed by atoms with Crippen molar-refractivity contribution in [2.24, 2.45) is 0 Å². The molecule has 0 aromatic heterocycles. The van der Waals surface area contributed by atoms with E-state index in [0.29, 0.717) is 11.1 Å². The van der Waals surface area contributed by atoms with E-state index in [9.17, 15) is 18.4 Å². The molecule has 5 nitrogen and oxygen atoms in total. The molecule has 2 rings (SSSR count). The van der Waals surface area contributed by atoms with Crippen LogP contribution in [0.15, 0.2) is 48.5 Å². The second-order valence-corrected chi connectivity index (χ2v) is 7.75. The number of nitrogens with one attached hydrogen (secondary N) is 2. The number of hydrogen-bond acceptors (Lipinski definition) is 3. The zero-order valence-corrected chi connectivity index (χ0v) is 17.0. The van der Waals surface area contributed by atoms with Gasteiger partial charge in [-0.15, -0.1) is 0 Å². The molecule has 0 saturated carbocycles. The number of carbonyl (C=O) groups is 2. The molecule has 0 spiro atoms. The summed E-state index contributed by atoms with van der Waals surface area (Å²) in [6.07, 6.45) is 0. The third-order valence-electron chi connectivity index (χ3n) is 4.38. The van der Waals surface area contributed by atoms with Gasteiger partial charge in [0.25, 0.3) is 5.91 Å². The van der Waals surface area contributed by atoms with E-state index >= 15 is 0 Å². The standard InChI is InChI=1S/C22H26F2N2O3/c1-14(16-6-5-7-18(12-16)29-21(23)24)26-19(27)13-25-20(28)15-8-10-17(11-9-15)22(2,3)4/h5-12,14,21H,13H2,1-4H3,(H,25,28)(H,26,27). The largest absolute Gasteiger partial charge is 0.435 e. The highest BCUT2D eigenvalue weighted by molar-refractivity contribution is 5.96. The highest BCUT2D eigenvalue weighted by Crippen LogP contribution is 2.22. The maximum atomic E-state index is 12.3. The quantitative estimate of drug-likeness (QED) is 0.727. The first-order valence-electron chi connectivity index (χ1n) is 9.29. The second-order valence-electron chi connectivity index (χ2n) is 7.75. The Bertz CT molecular complexity index is 846. The molecule has 2 aromatic rings. The van der Waals surface area contributed by atoms with Gasteiger partial charge in [0.05, 0.1) is 12.6 Å². The van der Waals surface area contributed by atoms with E-state index in [1.807, 2.05) is 12.1 Å². The molecule has 29 heavy (non-hydrogen) atoms. The van der Waals surface area contributed by atoms with Crippen molar-refractivity contribution in [1.82, 2.24) is 10.6 Å². The van der Waals surface area contributed by atoms with Crippen LogP contribution in [0.5, 0.6) is 5.75 Å². The van der Waals surface area contributed by atoms with Gasteiger partial charge in [-0.2, -0.15) is 8.78 Å². The molecular formula is C22H26F2N2O3. The van der Waals surface area contributed by atoms with E-state index < -0.39 is 18.6 Å². The van der Waals surface area contributed by atoms with Gasteiger partial charge in [-0.3, -0.25) is 9.59 Å². The van der Waals surface area contributed by atoms with Crippen molar-refractivity contribution >= 4 is 11.8 Å². The summed E-state index contributed by atoms with van der Waals surface area (Å²) in [6, 6.07) is 12.9.